The standard InChI is InChI=1S/C10H20N2OS/c11-9(2-1-7-14-8-9)10(13)3-5-12-6-4-10/h12-13H,1-8,11H2. The van der Waals surface area contributed by atoms with Crippen molar-refractivity contribution in [2.24, 2.45) is 5.73 Å². The first-order chi connectivity index (χ1) is 6.66. The molecular formula is C10H20N2OS. The Morgan fingerprint density at radius 2 is 1.93 bits per heavy atom. The first-order valence-corrected chi connectivity index (χ1v) is 6.62. The number of nitrogens with one attached hydrogen (secondary N) is 1. The predicted molar refractivity (Wildman–Crippen MR) is 60.5 cm³/mol. The van der Waals surface area contributed by atoms with Crippen molar-refractivity contribution in [2.75, 3.05) is 24.6 Å². The molecule has 14 heavy (non-hydrogen) atoms. The third-order valence-corrected chi connectivity index (χ3v) is 4.93. The molecule has 0 aromatic rings. The van der Waals surface area contributed by atoms with Crippen molar-refractivity contribution in [2.45, 2.75) is 36.8 Å². The summed E-state index contributed by atoms with van der Waals surface area (Å²) in [5.74, 6) is 2.12. The number of rotatable bonds is 1. The summed E-state index contributed by atoms with van der Waals surface area (Å²) in [6.45, 7) is 1.81. The normalized spacial score (nSPS) is 38.1. The zero-order valence-electron chi connectivity index (χ0n) is 8.59. The lowest BCUT2D eigenvalue weighted by Gasteiger charge is -2.48. The molecule has 2 heterocycles. The lowest BCUT2D eigenvalue weighted by atomic mass is 9.73. The van der Waals surface area contributed by atoms with Gasteiger partial charge in [-0.1, -0.05) is 0 Å². The molecule has 0 aliphatic carbocycles. The van der Waals surface area contributed by atoms with E-state index in [1.165, 1.54) is 5.75 Å². The second kappa shape index (κ2) is 4.00. The van der Waals surface area contributed by atoms with E-state index >= 15 is 0 Å². The monoisotopic (exact) mass is 216 g/mol. The van der Waals surface area contributed by atoms with Gasteiger partial charge in [0.2, 0.25) is 0 Å². The van der Waals surface area contributed by atoms with Gasteiger partial charge >= 0.3 is 0 Å². The summed E-state index contributed by atoms with van der Waals surface area (Å²) >= 11 is 1.89. The van der Waals surface area contributed by atoms with E-state index in [2.05, 4.69) is 5.32 Å². The van der Waals surface area contributed by atoms with Gasteiger partial charge in [0, 0.05) is 5.75 Å². The minimum Gasteiger partial charge on any atom is -0.388 e. The van der Waals surface area contributed by atoms with Gasteiger partial charge < -0.3 is 16.2 Å². The highest BCUT2D eigenvalue weighted by Crippen LogP contribution is 2.38. The zero-order chi connectivity index (χ0) is 10.1. The van der Waals surface area contributed by atoms with Crippen LogP contribution in [0.3, 0.4) is 0 Å². The van der Waals surface area contributed by atoms with Gasteiger partial charge in [0.1, 0.15) is 0 Å². The van der Waals surface area contributed by atoms with Gasteiger partial charge in [0.25, 0.3) is 0 Å². The Morgan fingerprint density at radius 3 is 2.50 bits per heavy atom. The summed E-state index contributed by atoms with van der Waals surface area (Å²) < 4.78 is 0. The molecule has 2 aliphatic heterocycles. The van der Waals surface area contributed by atoms with Crippen molar-refractivity contribution in [1.29, 1.82) is 0 Å². The third kappa shape index (κ3) is 1.81. The van der Waals surface area contributed by atoms with Gasteiger partial charge in [0.15, 0.2) is 0 Å². The van der Waals surface area contributed by atoms with Crippen molar-refractivity contribution in [3.05, 3.63) is 0 Å². The second-order valence-electron chi connectivity index (χ2n) is 4.59. The lowest BCUT2D eigenvalue weighted by molar-refractivity contribution is -0.0547. The average Bonchev–Trinajstić information content (AvgIpc) is 2.20. The molecule has 2 saturated heterocycles. The molecule has 0 radical (unpaired) electrons. The highest BCUT2D eigenvalue weighted by atomic mass is 32.2. The van der Waals surface area contributed by atoms with Crippen LogP contribution in [0.5, 0.6) is 0 Å². The maximum atomic E-state index is 10.6. The summed E-state index contributed by atoms with van der Waals surface area (Å²) in [6.07, 6.45) is 3.75. The van der Waals surface area contributed by atoms with Crippen LogP contribution in [0.1, 0.15) is 25.7 Å². The van der Waals surface area contributed by atoms with Crippen LogP contribution in [0.4, 0.5) is 0 Å². The van der Waals surface area contributed by atoms with Gasteiger partial charge in [-0.05, 0) is 44.5 Å². The Morgan fingerprint density at radius 1 is 1.21 bits per heavy atom. The topological polar surface area (TPSA) is 58.3 Å². The quantitative estimate of drug-likeness (QED) is 0.591. The molecule has 0 spiro atoms. The van der Waals surface area contributed by atoms with Gasteiger partial charge in [0.05, 0.1) is 11.1 Å². The Hall–Kier alpha value is 0.230. The second-order valence-corrected chi connectivity index (χ2v) is 5.70. The third-order valence-electron chi connectivity index (χ3n) is 3.63. The van der Waals surface area contributed by atoms with E-state index in [9.17, 15) is 5.11 Å². The average molecular weight is 216 g/mol. The van der Waals surface area contributed by atoms with Gasteiger partial charge in [-0.25, -0.2) is 0 Å². The number of aliphatic hydroxyl groups is 1. The fraction of sp³-hybridized carbons (Fsp3) is 1.00. The fourth-order valence-corrected chi connectivity index (χ4v) is 3.79. The van der Waals surface area contributed by atoms with E-state index in [1.807, 2.05) is 11.8 Å². The molecule has 0 aromatic heterocycles. The Balaban J connectivity index is 2.09. The first-order valence-electron chi connectivity index (χ1n) is 5.46. The molecule has 4 N–H and O–H groups in total. The minimum absolute atomic E-state index is 0.335. The van der Waals surface area contributed by atoms with E-state index in [1.54, 1.807) is 0 Å². The molecule has 1 atom stereocenters. The molecule has 0 saturated carbocycles. The SMILES string of the molecule is NC1(C2(O)CCNCC2)CCCSC1. The van der Waals surface area contributed by atoms with Crippen LogP contribution in [0.25, 0.3) is 0 Å². The Labute approximate surface area is 89.8 Å². The maximum Gasteiger partial charge on any atom is 0.0858 e. The molecule has 0 amide bonds. The zero-order valence-corrected chi connectivity index (χ0v) is 9.41. The van der Waals surface area contributed by atoms with Crippen LogP contribution in [-0.4, -0.2) is 40.8 Å². The predicted octanol–water partition coefficient (Wildman–Crippen LogP) is 0.325. The highest BCUT2D eigenvalue weighted by Gasteiger charge is 2.48. The van der Waals surface area contributed by atoms with Crippen LogP contribution >= 0.6 is 11.8 Å². The molecule has 82 valence electrons. The summed E-state index contributed by atoms with van der Waals surface area (Å²) in [5.41, 5.74) is 5.41. The van der Waals surface area contributed by atoms with E-state index in [4.69, 9.17) is 5.73 Å². The molecule has 4 heteroatoms. The number of thioether (sulfide) groups is 1. The van der Waals surface area contributed by atoms with E-state index in [-0.39, 0.29) is 5.54 Å². The van der Waals surface area contributed by atoms with Crippen LogP contribution in [0, 0.1) is 0 Å². The van der Waals surface area contributed by atoms with E-state index in [0.717, 1.165) is 44.5 Å². The van der Waals surface area contributed by atoms with Gasteiger partial charge in [-0.15, -0.1) is 0 Å². The molecule has 2 aliphatic rings. The van der Waals surface area contributed by atoms with Gasteiger partial charge in [-0.3, -0.25) is 0 Å². The number of hydrogen-bond acceptors (Lipinski definition) is 4. The van der Waals surface area contributed by atoms with Crippen LogP contribution in [0.2, 0.25) is 0 Å². The summed E-state index contributed by atoms with van der Waals surface area (Å²) in [5, 5.41) is 13.9. The summed E-state index contributed by atoms with van der Waals surface area (Å²) in [6, 6.07) is 0. The summed E-state index contributed by atoms with van der Waals surface area (Å²) in [7, 11) is 0. The fourth-order valence-electron chi connectivity index (χ4n) is 2.52. The van der Waals surface area contributed by atoms with Crippen molar-refractivity contribution in [3.8, 4) is 0 Å². The molecule has 1 unspecified atom stereocenters. The molecule has 3 nitrogen and oxygen atoms in total. The molecule has 2 rings (SSSR count). The molecule has 0 aromatic carbocycles. The van der Waals surface area contributed by atoms with Crippen LogP contribution in [0.15, 0.2) is 0 Å². The Kier molecular flexibility index (Phi) is 3.07. The smallest absolute Gasteiger partial charge is 0.0858 e. The van der Waals surface area contributed by atoms with Crippen LogP contribution < -0.4 is 11.1 Å². The largest absolute Gasteiger partial charge is 0.388 e. The first kappa shape index (κ1) is 10.7. The lowest BCUT2D eigenvalue weighted by Crippen LogP contribution is -2.66. The highest BCUT2D eigenvalue weighted by molar-refractivity contribution is 7.99. The van der Waals surface area contributed by atoms with Gasteiger partial charge in [-0.2, -0.15) is 11.8 Å². The molecule has 2 fully saturated rings. The molecule has 0 bridgehead atoms. The van der Waals surface area contributed by atoms with Crippen molar-refractivity contribution in [3.63, 3.8) is 0 Å². The Bertz CT molecular complexity index is 176. The van der Waals surface area contributed by atoms with E-state index in [0.29, 0.717) is 0 Å². The maximum absolute atomic E-state index is 10.6. The number of hydrogen-bond donors (Lipinski definition) is 3. The number of piperidine rings is 1. The summed E-state index contributed by atoms with van der Waals surface area (Å²) in [4.78, 5) is 0. The number of nitrogens with two attached hydrogens (primary N) is 1. The van der Waals surface area contributed by atoms with Crippen molar-refractivity contribution in [1.82, 2.24) is 5.32 Å². The molecular weight excluding hydrogens is 196 g/mol. The van der Waals surface area contributed by atoms with E-state index < -0.39 is 5.60 Å². The van der Waals surface area contributed by atoms with Crippen LogP contribution in [-0.2, 0) is 0 Å². The minimum atomic E-state index is -0.619. The van der Waals surface area contributed by atoms with Crippen molar-refractivity contribution < 1.29 is 5.11 Å². The van der Waals surface area contributed by atoms with Crippen molar-refractivity contribution >= 4 is 11.8 Å².